The molecule has 0 saturated carbocycles. The number of esters is 1. The van der Waals surface area contributed by atoms with Crippen LogP contribution < -0.4 is 15.8 Å². The predicted octanol–water partition coefficient (Wildman–Crippen LogP) is 7.63. The van der Waals surface area contributed by atoms with Gasteiger partial charge in [-0.2, -0.15) is 0 Å². The summed E-state index contributed by atoms with van der Waals surface area (Å²) in [5.74, 6) is -0.505. The topological polar surface area (TPSA) is 98.5 Å². The molecule has 0 aromatic heterocycles. The highest BCUT2D eigenvalue weighted by molar-refractivity contribution is 6.17. The fourth-order valence-corrected chi connectivity index (χ4v) is 4.48. The van der Waals surface area contributed by atoms with Crippen LogP contribution in [-0.2, 0) is 17.6 Å². The van der Waals surface area contributed by atoms with Crippen molar-refractivity contribution < 1.29 is 19.1 Å². The van der Waals surface area contributed by atoms with E-state index in [0.717, 1.165) is 24.1 Å². The Morgan fingerprint density at radius 3 is 1.79 bits per heavy atom. The van der Waals surface area contributed by atoms with Gasteiger partial charge in [0, 0.05) is 30.8 Å². The van der Waals surface area contributed by atoms with Gasteiger partial charge in [0.2, 0.25) is 0 Å². The summed E-state index contributed by atoms with van der Waals surface area (Å²) >= 11 is 0. The molecule has 1 amide bonds. The fourth-order valence-electron chi connectivity index (χ4n) is 4.48. The highest BCUT2D eigenvalue weighted by Gasteiger charge is 2.21. The summed E-state index contributed by atoms with van der Waals surface area (Å²) in [6, 6.07) is 27.2. The Morgan fingerprint density at radius 2 is 1.28 bits per heavy atom. The van der Waals surface area contributed by atoms with Gasteiger partial charge in [-0.25, -0.2) is 0 Å². The number of nitrogens with two attached hydrogens (primary N) is 1. The van der Waals surface area contributed by atoms with Crippen LogP contribution in [0.15, 0.2) is 84.9 Å². The number of amides is 1. The molecule has 43 heavy (non-hydrogen) atoms. The number of Topliss-reactive ketones (excluding diaryl/α,β-unsaturated/α-hetero) is 1. The van der Waals surface area contributed by atoms with E-state index in [1.54, 1.807) is 25.1 Å². The number of benzene rings is 4. The average Bonchev–Trinajstić information content (AvgIpc) is 3.02. The van der Waals surface area contributed by atoms with Gasteiger partial charge in [0.25, 0.3) is 5.91 Å². The Hall–Kier alpha value is -4.29. The van der Waals surface area contributed by atoms with Crippen LogP contribution in [0.3, 0.4) is 0 Å². The van der Waals surface area contributed by atoms with Crippen molar-refractivity contribution in [3.05, 3.63) is 113 Å². The molecule has 4 rings (SSSR count). The van der Waals surface area contributed by atoms with E-state index in [0.29, 0.717) is 41.3 Å². The van der Waals surface area contributed by atoms with Crippen LogP contribution in [0.5, 0.6) is 5.75 Å². The third-order valence-electron chi connectivity index (χ3n) is 6.66. The van der Waals surface area contributed by atoms with E-state index in [1.807, 2.05) is 43.3 Å². The molecule has 228 valence electrons. The predicted molar refractivity (Wildman–Crippen MR) is 177 cm³/mol. The number of carbonyl (C=O) groups is 3. The number of ether oxygens (including phenoxy) is 1. The lowest BCUT2D eigenvalue weighted by molar-refractivity contribution is -0.131. The second kappa shape index (κ2) is 19.0. The maximum Gasteiger partial charge on any atom is 0.308 e. The van der Waals surface area contributed by atoms with Gasteiger partial charge in [-0.3, -0.25) is 14.4 Å². The number of carbonyl (C=O) groups excluding carboxylic acids is 3. The summed E-state index contributed by atoms with van der Waals surface area (Å²) in [5, 5.41) is 4.07. The molecule has 6 heteroatoms. The lowest BCUT2D eigenvalue weighted by atomic mass is 9.92. The maximum absolute atomic E-state index is 13.0. The minimum absolute atomic E-state index is 0.0286. The molecule has 0 heterocycles. The maximum atomic E-state index is 13.0. The van der Waals surface area contributed by atoms with Crippen molar-refractivity contribution in [2.24, 2.45) is 5.73 Å². The second-order valence-corrected chi connectivity index (χ2v) is 10.2. The first-order valence-corrected chi connectivity index (χ1v) is 15.1. The molecule has 0 aliphatic carbocycles. The van der Waals surface area contributed by atoms with E-state index < -0.39 is 5.97 Å². The number of hydrogen-bond donors (Lipinski definition) is 2. The van der Waals surface area contributed by atoms with Crippen LogP contribution in [0.25, 0.3) is 10.8 Å². The third-order valence-corrected chi connectivity index (χ3v) is 6.66. The lowest BCUT2D eigenvalue weighted by Crippen LogP contribution is -2.26. The molecular weight excluding hydrogens is 536 g/mol. The highest BCUT2D eigenvalue weighted by atomic mass is 16.5. The van der Waals surface area contributed by atoms with Gasteiger partial charge < -0.3 is 15.8 Å². The minimum atomic E-state index is -0.484. The molecule has 0 aliphatic heterocycles. The number of hydrogen-bond acceptors (Lipinski definition) is 5. The van der Waals surface area contributed by atoms with Gasteiger partial charge in [0.15, 0.2) is 5.78 Å². The number of aryl methyl sites for hydroxylation is 2. The molecule has 0 unspecified atom stereocenters. The molecule has 0 radical (unpaired) electrons. The normalized spacial score (nSPS) is 10.1. The van der Waals surface area contributed by atoms with E-state index in [2.05, 4.69) is 49.5 Å². The van der Waals surface area contributed by atoms with Gasteiger partial charge in [0.05, 0.1) is 5.56 Å². The van der Waals surface area contributed by atoms with Crippen molar-refractivity contribution >= 4 is 28.4 Å². The summed E-state index contributed by atoms with van der Waals surface area (Å²) in [6.07, 6.45) is 4.59. The van der Waals surface area contributed by atoms with Gasteiger partial charge in [-0.1, -0.05) is 93.9 Å². The van der Waals surface area contributed by atoms with Crippen molar-refractivity contribution in [1.29, 1.82) is 0 Å². The molecule has 0 aliphatic rings. The highest BCUT2D eigenvalue weighted by Crippen LogP contribution is 2.35. The zero-order valence-corrected chi connectivity index (χ0v) is 26.2. The van der Waals surface area contributed by atoms with E-state index >= 15 is 0 Å². The number of rotatable bonds is 10. The largest absolute Gasteiger partial charge is 0.426 e. The van der Waals surface area contributed by atoms with E-state index in [4.69, 9.17) is 10.5 Å². The molecule has 0 bridgehead atoms. The van der Waals surface area contributed by atoms with E-state index in [-0.39, 0.29) is 17.4 Å². The van der Waals surface area contributed by atoms with Gasteiger partial charge in [0.1, 0.15) is 5.75 Å². The van der Waals surface area contributed by atoms with Crippen molar-refractivity contribution in [1.82, 2.24) is 5.32 Å². The summed E-state index contributed by atoms with van der Waals surface area (Å²) in [6.45, 7) is 10.5. The Morgan fingerprint density at radius 1 is 0.721 bits per heavy atom. The summed E-state index contributed by atoms with van der Waals surface area (Å²) in [7, 11) is 0. The third kappa shape index (κ3) is 11.1. The molecule has 4 aromatic rings. The van der Waals surface area contributed by atoms with Gasteiger partial charge in [-0.05, 0) is 73.0 Å². The molecule has 0 saturated heterocycles. The second-order valence-electron chi connectivity index (χ2n) is 10.2. The Kier molecular flexibility index (Phi) is 15.4. The first kappa shape index (κ1) is 34.9. The zero-order chi connectivity index (χ0) is 31.6. The number of ketones is 1. The van der Waals surface area contributed by atoms with Crippen LogP contribution in [0.2, 0.25) is 0 Å². The zero-order valence-electron chi connectivity index (χ0n) is 26.2. The van der Waals surface area contributed by atoms with E-state index in [9.17, 15) is 14.4 Å². The SMILES string of the molecule is CCC(=O)c1ccc(OC(C)=O)c2c(C(=O)NCCc3ccccc3)ccc(C)c12.CCCN.CCCc1ccccc1. The van der Waals surface area contributed by atoms with Crippen LogP contribution >= 0.6 is 0 Å². The van der Waals surface area contributed by atoms with Crippen molar-refractivity contribution in [3.8, 4) is 5.75 Å². The molecule has 0 atom stereocenters. The van der Waals surface area contributed by atoms with E-state index in [1.165, 1.54) is 25.3 Å². The Bertz CT molecular complexity index is 1450. The Labute approximate surface area is 256 Å². The fraction of sp³-hybridized carbons (Fsp3) is 0.324. The monoisotopic (exact) mass is 582 g/mol. The van der Waals surface area contributed by atoms with Crippen molar-refractivity contribution in [2.75, 3.05) is 13.1 Å². The van der Waals surface area contributed by atoms with Gasteiger partial charge >= 0.3 is 5.97 Å². The quantitative estimate of drug-likeness (QED) is 0.114. The van der Waals surface area contributed by atoms with Crippen LogP contribution in [-0.4, -0.2) is 30.7 Å². The minimum Gasteiger partial charge on any atom is -0.426 e. The summed E-state index contributed by atoms with van der Waals surface area (Å²) in [4.78, 5) is 37.2. The molecule has 6 nitrogen and oxygen atoms in total. The molecule has 0 spiro atoms. The average molecular weight is 583 g/mol. The van der Waals surface area contributed by atoms with Crippen molar-refractivity contribution in [3.63, 3.8) is 0 Å². The number of fused-ring (bicyclic) bond motifs is 1. The summed E-state index contributed by atoms with van der Waals surface area (Å²) in [5.41, 5.74) is 9.35. The molecule has 3 N–H and O–H groups in total. The van der Waals surface area contributed by atoms with Gasteiger partial charge in [-0.15, -0.1) is 0 Å². The summed E-state index contributed by atoms with van der Waals surface area (Å²) < 4.78 is 5.39. The van der Waals surface area contributed by atoms with Crippen molar-refractivity contribution in [2.45, 2.75) is 66.7 Å². The lowest BCUT2D eigenvalue weighted by Gasteiger charge is -2.16. The smallest absolute Gasteiger partial charge is 0.308 e. The first-order chi connectivity index (χ1) is 20.8. The Balaban J connectivity index is 0.000000411. The standard InChI is InChI=1S/C25H25NO4.C9H12.C3H9N/c1-4-21(28)19-12-13-22(30-17(3)27)24-20(11-10-16(2)23(19)24)25(29)26-15-14-18-8-6-5-7-9-18;1-2-6-9-7-4-3-5-8-9;1-2-3-4/h5-13H,4,14-15H2,1-3H3,(H,26,29);3-5,7-8H,2,6H2,1H3;2-4H2,1H3. The molecule has 4 aromatic carbocycles. The number of nitrogens with one attached hydrogen (secondary N) is 1. The van der Waals surface area contributed by atoms with Crippen LogP contribution in [0, 0.1) is 6.92 Å². The molecule has 0 fully saturated rings. The molecular formula is C37H46N2O4. The van der Waals surface area contributed by atoms with Crippen LogP contribution in [0.1, 0.15) is 84.4 Å². The van der Waals surface area contributed by atoms with Crippen LogP contribution in [0.4, 0.5) is 0 Å². The first-order valence-electron chi connectivity index (χ1n) is 15.1.